The topological polar surface area (TPSA) is 91.5 Å². The van der Waals surface area contributed by atoms with Crippen LogP contribution in [-0.2, 0) is 6.61 Å². The van der Waals surface area contributed by atoms with Gasteiger partial charge in [0.25, 0.3) is 5.56 Å². The van der Waals surface area contributed by atoms with Crippen molar-refractivity contribution in [2.75, 3.05) is 18.0 Å². The second kappa shape index (κ2) is 8.05. The zero-order chi connectivity index (χ0) is 21.5. The normalized spacial score (nSPS) is 16.4. The monoisotopic (exact) mass is 454 g/mol. The molecule has 0 spiro atoms. The number of halogens is 1. The molecule has 1 fully saturated rings. The first kappa shape index (κ1) is 20.1. The number of aliphatic hydroxyl groups excluding tert-OH is 2. The largest absolute Gasteiger partial charge is 0.392 e. The predicted molar refractivity (Wildman–Crippen MR) is 122 cm³/mol. The summed E-state index contributed by atoms with van der Waals surface area (Å²) in [5.74, 6) is 0. The highest BCUT2D eigenvalue weighted by atomic mass is 35.5. The van der Waals surface area contributed by atoms with Gasteiger partial charge in [0.2, 0.25) is 0 Å². The SMILES string of the molecule is O=c1c2sc(-c3ccc(Cl)cc3)cc2nnn1-c1ccc(N2CC[C@H](O)C2)c(CO)c1. The van der Waals surface area contributed by atoms with Gasteiger partial charge < -0.3 is 15.1 Å². The van der Waals surface area contributed by atoms with E-state index in [1.54, 1.807) is 12.1 Å². The Morgan fingerprint density at radius 3 is 2.68 bits per heavy atom. The fourth-order valence-corrected chi connectivity index (χ4v) is 5.01. The Kier molecular flexibility index (Phi) is 5.23. The summed E-state index contributed by atoms with van der Waals surface area (Å²) in [5, 5.41) is 28.7. The van der Waals surface area contributed by atoms with Gasteiger partial charge in [-0.15, -0.1) is 16.4 Å². The van der Waals surface area contributed by atoms with Gasteiger partial charge >= 0.3 is 0 Å². The second-order valence-corrected chi connectivity index (χ2v) is 8.99. The average molecular weight is 455 g/mol. The highest BCUT2D eigenvalue weighted by Crippen LogP contribution is 2.32. The van der Waals surface area contributed by atoms with Crippen LogP contribution in [0.5, 0.6) is 0 Å². The van der Waals surface area contributed by atoms with Gasteiger partial charge in [-0.25, -0.2) is 0 Å². The summed E-state index contributed by atoms with van der Waals surface area (Å²) in [6.45, 7) is 1.07. The maximum atomic E-state index is 13.2. The van der Waals surface area contributed by atoms with Crippen molar-refractivity contribution in [1.82, 2.24) is 15.0 Å². The molecule has 5 rings (SSSR count). The summed E-state index contributed by atoms with van der Waals surface area (Å²) in [7, 11) is 0. The van der Waals surface area contributed by atoms with Gasteiger partial charge in [-0.2, -0.15) is 4.68 Å². The van der Waals surface area contributed by atoms with Gasteiger partial charge in [-0.05, 0) is 48.4 Å². The molecule has 0 bridgehead atoms. The molecular formula is C22H19ClN4O3S. The molecule has 0 saturated carbocycles. The van der Waals surface area contributed by atoms with Crippen molar-refractivity contribution in [1.29, 1.82) is 0 Å². The van der Waals surface area contributed by atoms with Crippen LogP contribution in [0.15, 0.2) is 53.3 Å². The number of rotatable bonds is 4. The average Bonchev–Trinajstić information content (AvgIpc) is 3.41. The molecule has 9 heteroatoms. The number of aromatic nitrogens is 3. The number of aliphatic hydroxyl groups is 2. The molecule has 1 aliphatic rings. The number of hydrogen-bond acceptors (Lipinski definition) is 7. The zero-order valence-corrected chi connectivity index (χ0v) is 18.0. The smallest absolute Gasteiger partial charge is 0.292 e. The fourth-order valence-electron chi connectivity index (χ4n) is 3.86. The Morgan fingerprint density at radius 1 is 1.16 bits per heavy atom. The van der Waals surface area contributed by atoms with Crippen LogP contribution in [0.3, 0.4) is 0 Å². The quantitative estimate of drug-likeness (QED) is 0.492. The molecular weight excluding hydrogens is 436 g/mol. The first-order chi connectivity index (χ1) is 15.0. The number of hydrogen-bond donors (Lipinski definition) is 2. The van der Waals surface area contributed by atoms with Crippen LogP contribution in [0.4, 0.5) is 5.69 Å². The second-order valence-electron chi connectivity index (χ2n) is 7.50. The fraction of sp³-hybridized carbons (Fsp3) is 0.227. The van der Waals surface area contributed by atoms with Crippen LogP contribution in [0.1, 0.15) is 12.0 Å². The van der Waals surface area contributed by atoms with Crippen molar-refractivity contribution in [2.24, 2.45) is 0 Å². The highest BCUT2D eigenvalue weighted by molar-refractivity contribution is 7.22. The lowest BCUT2D eigenvalue weighted by atomic mass is 10.1. The van der Waals surface area contributed by atoms with Crippen LogP contribution >= 0.6 is 22.9 Å². The van der Waals surface area contributed by atoms with E-state index in [2.05, 4.69) is 10.3 Å². The third-order valence-corrected chi connectivity index (χ3v) is 6.87. The number of nitrogens with zero attached hydrogens (tertiary/aromatic N) is 4. The minimum Gasteiger partial charge on any atom is -0.392 e. The summed E-state index contributed by atoms with van der Waals surface area (Å²) in [6, 6.07) is 14.7. The van der Waals surface area contributed by atoms with Crippen molar-refractivity contribution >= 4 is 38.8 Å². The Balaban J connectivity index is 1.55. The van der Waals surface area contributed by atoms with Gasteiger partial charge in [0.15, 0.2) is 0 Å². The van der Waals surface area contributed by atoms with Crippen molar-refractivity contribution in [3.8, 4) is 16.1 Å². The van der Waals surface area contributed by atoms with Crippen LogP contribution in [0.2, 0.25) is 5.02 Å². The van der Waals surface area contributed by atoms with E-state index in [-0.39, 0.29) is 18.3 Å². The molecule has 158 valence electrons. The van der Waals surface area contributed by atoms with Crippen LogP contribution < -0.4 is 10.5 Å². The predicted octanol–water partition coefficient (Wildman–Crippen LogP) is 3.23. The highest BCUT2D eigenvalue weighted by Gasteiger charge is 2.23. The minimum atomic E-state index is -0.365. The van der Waals surface area contributed by atoms with Gasteiger partial charge in [0.1, 0.15) is 10.2 Å². The van der Waals surface area contributed by atoms with Crippen LogP contribution in [0, 0.1) is 0 Å². The molecule has 3 heterocycles. The molecule has 1 aliphatic heterocycles. The lowest BCUT2D eigenvalue weighted by Crippen LogP contribution is -2.24. The van der Waals surface area contributed by atoms with E-state index in [9.17, 15) is 15.0 Å². The molecule has 1 saturated heterocycles. The zero-order valence-electron chi connectivity index (χ0n) is 16.4. The van der Waals surface area contributed by atoms with Gasteiger partial charge in [-0.1, -0.05) is 28.9 Å². The summed E-state index contributed by atoms with van der Waals surface area (Å²) >= 11 is 7.33. The van der Waals surface area contributed by atoms with Gasteiger partial charge in [0.05, 0.1) is 18.4 Å². The Bertz CT molecular complexity index is 1320. The maximum absolute atomic E-state index is 13.2. The Labute approximate surface area is 186 Å². The van der Waals surface area contributed by atoms with E-state index in [1.807, 2.05) is 41.3 Å². The number of β-amino-alcohol motifs (C(OH)–C–C–N with tert-alkyl or cyclic N) is 1. The number of anilines is 1. The van der Waals surface area contributed by atoms with Gasteiger partial charge in [0, 0.05) is 34.2 Å². The molecule has 2 aromatic carbocycles. The third kappa shape index (κ3) is 3.72. The maximum Gasteiger partial charge on any atom is 0.292 e. The summed E-state index contributed by atoms with van der Waals surface area (Å²) in [4.78, 5) is 16.1. The van der Waals surface area contributed by atoms with E-state index in [0.29, 0.717) is 39.5 Å². The lowest BCUT2D eigenvalue weighted by Gasteiger charge is -2.21. The Morgan fingerprint density at radius 2 is 1.97 bits per heavy atom. The van der Waals surface area contributed by atoms with Crippen molar-refractivity contribution in [3.05, 3.63) is 69.5 Å². The molecule has 0 unspecified atom stereocenters. The molecule has 4 aromatic rings. The molecule has 0 radical (unpaired) electrons. The summed E-state index contributed by atoms with van der Waals surface area (Å²) in [5.41, 5.74) is 3.30. The van der Waals surface area contributed by atoms with Crippen LogP contribution in [0.25, 0.3) is 26.3 Å². The summed E-state index contributed by atoms with van der Waals surface area (Å²) in [6.07, 6.45) is 0.332. The van der Waals surface area contributed by atoms with Gasteiger partial charge in [-0.3, -0.25) is 4.79 Å². The standard InChI is InChI=1S/C22H19ClN4O3S/c23-15-3-1-13(2-4-15)20-10-18-21(31-20)22(30)27(25-24-18)16-5-6-19(14(9-16)12-28)26-8-7-17(29)11-26/h1-6,9-10,17,28-29H,7-8,11-12H2/t17-/m0/s1. The van der Waals surface area contributed by atoms with E-state index in [1.165, 1.54) is 16.0 Å². The summed E-state index contributed by atoms with van der Waals surface area (Å²) < 4.78 is 1.77. The molecule has 0 aliphatic carbocycles. The molecule has 7 nitrogen and oxygen atoms in total. The van der Waals surface area contributed by atoms with E-state index in [4.69, 9.17) is 11.6 Å². The van der Waals surface area contributed by atoms with Crippen molar-refractivity contribution in [2.45, 2.75) is 19.1 Å². The Hall–Kier alpha value is -2.78. The van der Waals surface area contributed by atoms with Crippen molar-refractivity contribution in [3.63, 3.8) is 0 Å². The van der Waals surface area contributed by atoms with E-state index < -0.39 is 0 Å². The number of fused-ring (bicyclic) bond motifs is 1. The van der Waals surface area contributed by atoms with E-state index in [0.717, 1.165) is 22.7 Å². The first-order valence-electron chi connectivity index (χ1n) is 9.86. The number of thiophene rings is 1. The van der Waals surface area contributed by atoms with Crippen molar-refractivity contribution < 1.29 is 10.2 Å². The number of benzene rings is 2. The minimum absolute atomic E-state index is 0.181. The molecule has 2 N–H and O–H groups in total. The lowest BCUT2D eigenvalue weighted by molar-refractivity contribution is 0.198. The van der Waals surface area contributed by atoms with E-state index >= 15 is 0 Å². The molecule has 1 atom stereocenters. The van der Waals surface area contributed by atoms with Crippen LogP contribution in [-0.4, -0.2) is 44.4 Å². The molecule has 31 heavy (non-hydrogen) atoms. The first-order valence-corrected chi connectivity index (χ1v) is 11.1. The third-order valence-electron chi connectivity index (χ3n) is 5.45. The molecule has 2 aromatic heterocycles. The molecule has 0 amide bonds.